The minimum Gasteiger partial charge on any atom is -0.488 e. The van der Waals surface area contributed by atoms with Crippen molar-refractivity contribution in [2.45, 2.75) is 20.8 Å². The lowest BCUT2D eigenvalue weighted by Crippen LogP contribution is -3.10. The lowest BCUT2D eigenvalue weighted by atomic mass is 10.1. The first-order chi connectivity index (χ1) is 11.5. The molecule has 4 nitrogen and oxygen atoms in total. The molecule has 128 valence electrons. The van der Waals surface area contributed by atoms with Gasteiger partial charge in [-0.15, -0.1) is 0 Å². The Morgan fingerprint density at radius 1 is 1.08 bits per heavy atom. The Kier molecular flexibility index (Phi) is 6.38. The molecule has 4 heteroatoms. The van der Waals surface area contributed by atoms with Gasteiger partial charge in [-0.1, -0.05) is 35.9 Å². The SMILES string of the molecule is Cc1cc(C)c(NC(=O)C[NH+](C)CCOc2ccccc2)c(C)c1. The predicted octanol–water partition coefficient (Wildman–Crippen LogP) is 2.14. The van der Waals surface area contributed by atoms with Gasteiger partial charge in [0.2, 0.25) is 0 Å². The van der Waals surface area contributed by atoms with Crippen LogP contribution in [0.25, 0.3) is 0 Å². The molecular formula is C20H27N2O2+. The first-order valence-corrected chi connectivity index (χ1v) is 8.32. The molecule has 1 unspecified atom stereocenters. The maximum atomic E-state index is 12.3. The highest BCUT2D eigenvalue weighted by Gasteiger charge is 2.13. The fraction of sp³-hybridized carbons (Fsp3) is 0.350. The number of benzene rings is 2. The van der Waals surface area contributed by atoms with Crippen molar-refractivity contribution < 1.29 is 14.4 Å². The molecule has 24 heavy (non-hydrogen) atoms. The summed E-state index contributed by atoms with van der Waals surface area (Å²) >= 11 is 0. The van der Waals surface area contributed by atoms with Crippen LogP contribution in [0.5, 0.6) is 5.75 Å². The van der Waals surface area contributed by atoms with Gasteiger partial charge in [-0.3, -0.25) is 4.79 Å². The molecule has 0 bridgehead atoms. The van der Waals surface area contributed by atoms with Gasteiger partial charge in [0.15, 0.2) is 6.54 Å². The smallest absolute Gasteiger partial charge is 0.279 e. The first-order valence-electron chi connectivity index (χ1n) is 8.32. The quantitative estimate of drug-likeness (QED) is 0.818. The van der Waals surface area contributed by atoms with Gasteiger partial charge in [-0.25, -0.2) is 0 Å². The molecule has 2 aromatic carbocycles. The number of carbonyl (C=O) groups excluding carboxylic acids is 1. The van der Waals surface area contributed by atoms with Gasteiger partial charge >= 0.3 is 0 Å². The van der Waals surface area contributed by atoms with E-state index in [9.17, 15) is 4.79 Å². The summed E-state index contributed by atoms with van der Waals surface area (Å²) in [6.07, 6.45) is 0. The Morgan fingerprint density at radius 2 is 1.71 bits per heavy atom. The Balaban J connectivity index is 1.79. The van der Waals surface area contributed by atoms with E-state index < -0.39 is 0 Å². The molecule has 0 spiro atoms. The number of nitrogens with one attached hydrogen (secondary N) is 2. The Labute approximate surface area is 144 Å². The molecule has 0 radical (unpaired) electrons. The Morgan fingerprint density at radius 3 is 2.33 bits per heavy atom. The summed E-state index contributed by atoms with van der Waals surface area (Å²) in [5, 5.41) is 3.04. The number of ether oxygens (including phenoxy) is 1. The third-order valence-electron chi connectivity index (χ3n) is 3.94. The fourth-order valence-electron chi connectivity index (χ4n) is 2.78. The average Bonchev–Trinajstić information content (AvgIpc) is 2.52. The monoisotopic (exact) mass is 327 g/mol. The summed E-state index contributed by atoms with van der Waals surface area (Å²) in [6.45, 7) is 7.90. The molecule has 2 aromatic rings. The summed E-state index contributed by atoms with van der Waals surface area (Å²) in [5.74, 6) is 0.892. The molecule has 1 atom stereocenters. The van der Waals surface area contributed by atoms with Crippen LogP contribution in [-0.4, -0.2) is 32.7 Å². The number of para-hydroxylation sites is 1. The average molecular weight is 327 g/mol. The molecule has 0 aliphatic rings. The molecule has 2 rings (SSSR count). The summed E-state index contributed by atoms with van der Waals surface area (Å²) in [7, 11) is 2.00. The molecule has 0 fully saturated rings. The normalized spacial score (nSPS) is 11.8. The van der Waals surface area contributed by atoms with Crippen molar-refractivity contribution in [3.8, 4) is 5.75 Å². The number of carbonyl (C=O) groups is 1. The lowest BCUT2D eigenvalue weighted by molar-refractivity contribution is -0.871. The molecule has 0 saturated heterocycles. The van der Waals surface area contributed by atoms with Crippen molar-refractivity contribution in [2.24, 2.45) is 0 Å². The molecular weight excluding hydrogens is 300 g/mol. The number of quaternary nitrogens is 1. The van der Waals surface area contributed by atoms with E-state index >= 15 is 0 Å². The molecule has 0 aliphatic heterocycles. The van der Waals surface area contributed by atoms with Crippen LogP contribution in [-0.2, 0) is 4.79 Å². The van der Waals surface area contributed by atoms with Crippen LogP contribution in [0.1, 0.15) is 16.7 Å². The van der Waals surface area contributed by atoms with E-state index in [2.05, 4.69) is 24.4 Å². The van der Waals surface area contributed by atoms with E-state index in [0.29, 0.717) is 13.2 Å². The maximum Gasteiger partial charge on any atom is 0.279 e. The highest BCUT2D eigenvalue weighted by molar-refractivity contribution is 5.93. The number of aryl methyl sites for hydroxylation is 3. The van der Waals surface area contributed by atoms with Crippen LogP contribution in [0, 0.1) is 20.8 Å². The molecule has 2 N–H and O–H groups in total. The van der Waals surface area contributed by atoms with E-state index in [1.165, 1.54) is 5.56 Å². The minimum absolute atomic E-state index is 0.0299. The van der Waals surface area contributed by atoms with E-state index in [-0.39, 0.29) is 5.91 Å². The van der Waals surface area contributed by atoms with E-state index in [0.717, 1.165) is 34.0 Å². The molecule has 0 aromatic heterocycles. The Hall–Kier alpha value is -2.33. The van der Waals surface area contributed by atoms with Crippen LogP contribution in [0.3, 0.4) is 0 Å². The molecule has 0 aliphatic carbocycles. The first kappa shape index (κ1) is 18.0. The van der Waals surface area contributed by atoms with Crippen molar-refractivity contribution >= 4 is 11.6 Å². The third kappa shape index (κ3) is 5.39. The summed E-state index contributed by atoms with van der Waals surface area (Å²) in [4.78, 5) is 13.4. The standard InChI is InChI=1S/C20H26N2O2/c1-15-12-16(2)20(17(3)13-15)21-19(23)14-22(4)10-11-24-18-8-6-5-7-9-18/h5-9,12-13H,10-11,14H2,1-4H3,(H,21,23)/p+1. The van der Waals surface area contributed by atoms with Gasteiger partial charge in [-0.05, 0) is 44.0 Å². The number of hydrogen-bond donors (Lipinski definition) is 2. The second-order valence-corrected chi connectivity index (χ2v) is 6.37. The largest absolute Gasteiger partial charge is 0.488 e. The third-order valence-corrected chi connectivity index (χ3v) is 3.94. The van der Waals surface area contributed by atoms with Crippen molar-refractivity contribution in [3.05, 3.63) is 59.2 Å². The van der Waals surface area contributed by atoms with E-state index in [4.69, 9.17) is 4.74 Å². The van der Waals surface area contributed by atoms with Gasteiger partial charge in [0, 0.05) is 5.69 Å². The number of likely N-dealkylation sites (N-methyl/N-ethyl adjacent to an activating group) is 1. The lowest BCUT2D eigenvalue weighted by Gasteiger charge is -2.16. The van der Waals surface area contributed by atoms with Crippen LogP contribution >= 0.6 is 0 Å². The van der Waals surface area contributed by atoms with Crippen molar-refractivity contribution in [3.63, 3.8) is 0 Å². The predicted molar refractivity (Wildman–Crippen MR) is 97.8 cm³/mol. The van der Waals surface area contributed by atoms with Crippen LogP contribution in [0.4, 0.5) is 5.69 Å². The van der Waals surface area contributed by atoms with Crippen LogP contribution in [0.2, 0.25) is 0 Å². The maximum absolute atomic E-state index is 12.3. The van der Waals surface area contributed by atoms with Crippen molar-refractivity contribution in [1.29, 1.82) is 0 Å². The van der Waals surface area contributed by atoms with Crippen molar-refractivity contribution in [2.75, 3.05) is 32.1 Å². The topological polar surface area (TPSA) is 42.8 Å². The molecule has 1 amide bonds. The van der Waals surface area contributed by atoms with Gasteiger partial charge in [0.1, 0.15) is 18.9 Å². The van der Waals surface area contributed by atoms with Gasteiger partial charge in [0.05, 0.1) is 7.05 Å². The zero-order chi connectivity index (χ0) is 17.5. The minimum atomic E-state index is 0.0299. The second-order valence-electron chi connectivity index (χ2n) is 6.37. The highest BCUT2D eigenvalue weighted by Crippen LogP contribution is 2.21. The van der Waals surface area contributed by atoms with E-state index in [1.54, 1.807) is 0 Å². The number of hydrogen-bond acceptors (Lipinski definition) is 2. The number of rotatable bonds is 7. The van der Waals surface area contributed by atoms with Crippen LogP contribution < -0.4 is 15.0 Å². The number of anilines is 1. The van der Waals surface area contributed by atoms with Gasteiger partial charge in [0.25, 0.3) is 5.91 Å². The number of amides is 1. The summed E-state index contributed by atoms with van der Waals surface area (Å²) < 4.78 is 5.68. The van der Waals surface area contributed by atoms with Crippen LogP contribution in [0.15, 0.2) is 42.5 Å². The Bertz CT molecular complexity index is 660. The van der Waals surface area contributed by atoms with E-state index in [1.807, 2.05) is 51.2 Å². The fourth-order valence-corrected chi connectivity index (χ4v) is 2.78. The summed E-state index contributed by atoms with van der Waals surface area (Å²) in [6, 6.07) is 13.9. The second kappa shape index (κ2) is 8.50. The molecule has 0 heterocycles. The zero-order valence-electron chi connectivity index (χ0n) is 15.0. The highest BCUT2D eigenvalue weighted by atomic mass is 16.5. The van der Waals surface area contributed by atoms with Crippen molar-refractivity contribution in [1.82, 2.24) is 0 Å². The summed E-state index contributed by atoms with van der Waals surface area (Å²) in [5.41, 5.74) is 4.35. The van der Waals surface area contributed by atoms with Gasteiger partial charge in [-0.2, -0.15) is 0 Å². The molecule has 0 saturated carbocycles. The zero-order valence-corrected chi connectivity index (χ0v) is 15.0. The van der Waals surface area contributed by atoms with Gasteiger partial charge < -0.3 is 15.0 Å².